The minimum atomic E-state index is 0.216. The summed E-state index contributed by atoms with van der Waals surface area (Å²) in [5.74, 6) is 2.78. The predicted molar refractivity (Wildman–Crippen MR) is 53.4 cm³/mol. The van der Waals surface area contributed by atoms with Crippen molar-refractivity contribution in [2.24, 2.45) is 35.5 Å². The number of hydrogen-bond acceptors (Lipinski definition) is 2. The molecular weight excluding hydrogens is 176 g/mol. The highest BCUT2D eigenvalue weighted by Crippen LogP contribution is 2.55. The fourth-order valence-corrected chi connectivity index (χ4v) is 3.59. The molecule has 0 aliphatic heterocycles. The van der Waals surface area contributed by atoms with E-state index < -0.39 is 0 Å². The first-order chi connectivity index (χ1) is 6.86. The Labute approximate surface area is 83.9 Å². The summed E-state index contributed by atoms with van der Waals surface area (Å²) in [6.45, 7) is 0.432. The van der Waals surface area contributed by atoms with Crippen LogP contribution in [-0.4, -0.2) is 23.4 Å². The van der Waals surface area contributed by atoms with Gasteiger partial charge in [-0.2, -0.15) is 0 Å². The van der Waals surface area contributed by atoms with Gasteiger partial charge in [0.2, 0.25) is 0 Å². The van der Waals surface area contributed by atoms with Crippen molar-refractivity contribution in [3.05, 3.63) is 24.3 Å². The molecule has 6 atom stereocenters. The van der Waals surface area contributed by atoms with Crippen LogP contribution < -0.4 is 0 Å². The van der Waals surface area contributed by atoms with E-state index in [1.54, 1.807) is 0 Å². The quantitative estimate of drug-likeness (QED) is 0.636. The lowest BCUT2D eigenvalue weighted by atomic mass is 9.50. The number of aliphatic hydroxyl groups is 2. The maximum absolute atomic E-state index is 9.37. The van der Waals surface area contributed by atoms with E-state index in [2.05, 4.69) is 24.3 Å². The highest BCUT2D eigenvalue weighted by Gasteiger charge is 2.51. The molecule has 0 aromatic carbocycles. The largest absolute Gasteiger partial charge is 0.396 e. The molecule has 2 nitrogen and oxygen atoms in total. The van der Waals surface area contributed by atoms with Gasteiger partial charge in [-0.05, 0) is 35.5 Å². The van der Waals surface area contributed by atoms with Gasteiger partial charge in [0.15, 0.2) is 0 Å². The van der Waals surface area contributed by atoms with Gasteiger partial charge < -0.3 is 10.2 Å². The average Bonchev–Trinajstić information content (AvgIpc) is 2.16. The zero-order chi connectivity index (χ0) is 9.71. The zero-order valence-electron chi connectivity index (χ0n) is 8.08. The fourth-order valence-electron chi connectivity index (χ4n) is 3.59. The van der Waals surface area contributed by atoms with Crippen molar-refractivity contribution >= 4 is 0 Å². The van der Waals surface area contributed by atoms with Crippen LogP contribution in [-0.2, 0) is 0 Å². The molecular formula is C12H16O2. The lowest BCUT2D eigenvalue weighted by Gasteiger charge is -2.55. The molecule has 0 unspecified atom stereocenters. The van der Waals surface area contributed by atoms with Crippen LogP contribution in [0.4, 0.5) is 0 Å². The lowest BCUT2D eigenvalue weighted by Crippen LogP contribution is -2.52. The summed E-state index contributed by atoms with van der Waals surface area (Å²) in [5, 5.41) is 18.7. The van der Waals surface area contributed by atoms with Crippen LogP contribution in [0.25, 0.3) is 0 Å². The maximum Gasteiger partial charge on any atom is 0.0468 e. The second-order valence-electron chi connectivity index (χ2n) is 4.77. The molecule has 4 aliphatic carbocycles. The molecule has 0 spiro atoms. The van der Waals surface area contributed by atoms with E-state index in [1.165, 1.54) is 0 Å². The summed E-state index contributed by atoms with van der Waals surface area (Å²) >= 11 is 0. The minimum Gasteiger partial charge on any atom is -0.396 e. The first kappa shape index (κ1) is 8.69. The van der Waals surface area contributed by atoms with Crippen LogP contribution in [0.15, 0.2) is 24.3 Å². The van der Waals surface area contributed by atoms with Crippen molar-refractivity contribution in [3.63, 3.8) is 0 Å². The Hall–Kier alpha value is -0.600. The summed E-state index contributed by atoms with van der Waals surface area (Å²) in [6.07, 6.45) is 9.04. The third-order valence-electron chi connectivity index (χ3n) is 4.40. The molecule has 0 aromatic rings. The molecule has 4 aliphatic rings. The summed E-state index contributed by atoms with van der Waals surface area (Å²) in [6, 6.07) is 0. The molecule has 0 aromatic heterocycles. The molecule has 1 fully saturated rings. The van der Waals surface area contributed by atoms with Crippen molar-refractivity contribution < 1.29 is 10.2 Å². The molecule has 0 radical (unpaired) electrons. The van der Waals surface area contributed by atoms with E-state index in [4.69, 9.17) is 0 Å². The van der Waals surface area contributed by atoms with Crippen molar-refractivity contribution in [2.45, 2.75) is 0 Å². The van der Waals surface area contributed by atoms with Gasteiger partial charge in [-0.15, -0.1) is 0 Å². The minimum absolute atomic E-state index is 0.216. The van der Waals surface area contributed by atoms with Gasteiger partial charge in [0.1, 0.15) is 0 Å². The van der Waals surface area contributed by atoms with Gasteiger partial charge in [-0.25, -0.2) is 0 Å². The smallest absolute Gasteiger partial charge is 0.0468 e. The van der Waals surface area contributed by atoms with Gasteiger partial charge in [-0.1, -0.05) is 24.3 Å². The van der Waals surface area contributed by atoms with Crippen LogP contribution >= 0.6 is 0 Å². The Morgan fingerprint density at radius 3 is 1.29 bits per heavy atom. The van der Waals surface area contributed by atoms with Gasteiger partial charge in [0.25, 0.3) is 0 Å². The van der Waals surface area contributed by atoms with E-state index in [0.717, 1.165) is 0 Å². The summed E-state index contributed by atoms with van der Waals surface area (Å²) in [7, 11) is 0. The molecule has 2 N–H and O–H groups in total. The second kappa shape index (κ2) is 2.94. The number of aliphatic hydroxyl groups excluding tert-OH is 2. The van der Waals surface area contributed by atoms with Crippen molar-refractivity contribution in [3.8, 4) is 0 Å². The lowest BCUT2D eigenvalue weighted by molar-refractivity contribution is -0.0239. The monoisotopic (exact) mass is 192 g/mol. The van der Waals surface area contributed by atoms with Gasteiger partial charge >= 0.3 is 0 Å². The van der Waals surface area contributed by atoms with E-state index in [0.29, 0.717) is 23.7 Å². The molecule has 2 heteroatoms. The first-order valence-electron chi connectivity index (χ1n) is 5.45. The SMILES string of the molecule is OC[C@@H]1[C@H]2C=C[C@@H]([C@H]3C=C[C@H]32)[C@@H]1CO. The fraction of sp³-hybridized carbons (Fsp3) is 0.667. The Bertz CT molecular complexity index is 267. The third kappa shape index (κ3) is 0.882. The topological polar surface area (TPSA) is 40.5 Å². The molecule has 4 rings (SSSR count). The van der Waals surface area contributed by atoms with Crippen LogP contribution in [0.1, 0.15) is 0 Å². The molecule has 14 heavy (non-hydrogen) atoms. The maximum atomic E-state index is 9.37. The molecule has 0 heterocycles. The van der Waals surface area contributed by atoms with E-state index in [-0.39, 0.29) is 25.0 Å². The van der Waals surface area contributed by atoms with Gasteiger partial charge in [0, 0.05) is 13.2 Å². The van der Waals surface area contributed by atoms with Crippen LogP contribution in [0.2, 0.25) is 0 Å². The van der Waals surface area contributed by atoms with E-state index >= 15 is 0 Å². The Morgan fingerprint density at radius 2 is 1.00 bits per heavy atom. The normalized spacial score (nSPS) is 53.0. The highest BCUT2D eigenvalue weighted by molar-refractivity contribution is 5.27. The first-order valence-corrected chi connectivity index (χ1v) is 5.45. The number of hydrogen-bond donors (Lipinski definition) is 2. The van der Waals surface area contributed by atoms with E-state index in [1.807, 2.05) is 0 Å². The number of rotatable bonds is 2. The second-order valence-corrected chi connectivity index (χ2v) is 4.77. The van der Waals surface area contributed by atoms with Crippen LogP contribution in [0.5, 0.6) is 0 Å². The molecule has 2 bridgehead atoms. The van der Waals surface area contributed by atoms with Gasteiger partial charge in [0.05, 0.1) is 0 Å². The van der Waals surface area contributed by atoms with Gasteiger partial charge in [-0.3, -0.25) is 0 Å². The number of allylic oxidation sites excluding steroid dienone is 4. The van der Waals surface area contributed by atoms with Crippen molar-refractivity contribution in [2.75, 3.05) is 13.2 Å². The highest BCUT2D eigenvalue weighted by atomic mass is 16.3. The standard InChI is InChI=1S/C12H16O2/c13-5-11-9-3-4-10(12(11)6-14)8-2-1-7(8)9/h1-4,7-14H,5-6H2/t7-,8+,9-,10-,11-,12+/m0/s1. The Kier molecular flexibility index (Phi) is 1.83. The molecule has 1 saturated carbocycles. The van der Waals surface area contributed by atoms with Crippen LogP contribution in [0, 0.1) is 35.5 Å². The Morgan fingerprint density at radius 1 is 0.643 bits per heavy atom. The summed E-state index contributed by atoms with van der Waals surface area (Å²) in [4.78, 5) is 0. The zero-order valence-corrected chi connectivity index (χ0v) is 8.08. The number of fused-ring (bicyclic) bond motifs is 1. The summed E-state index contributed by atoms with van der Waals surface area (Å²) < 4.78 is 0. The van der Waals surface area contributed by atoms with Crippen molar-refractivity contribution in [1.82, 2.24) is 0 Å². The average molecular weight is 192 g/mol. The van der Waals surface area contributed by atoms with E-state index in [9.17, 15) is 10.2 Å². The Balaban J connectivity index is 1.96. The molecule has 76 valence electrons. The third-order valence-corrected chi connectivity index (χ3v) is 4.40. The summed E-state index contributed by atoms with van der Waals surface area (Å²) in [5.41, 5.74) is 0. The predicted octanol–water partition coefficient (Wildman–Crippen LogP) is 0.821. The molecule has 0 amide bonds. The molecule has 0 saturated heterocycles. The van der Waals surface area contributed by atoms with Crippen LogP contribution in [0.3, 0.4) is 0 Å². The van der Waals surface area contributed by atoms with Crippen molar-refractivity contribution in [1.29, 1.82) is 0 Å².